The molecule has 6 nitrogen and oxygen atoms in total. The SMILES string of the molecule is C[C@@H](NC(=O)N1CCC[C@@H](C(=O)Nc2nccs2)C1)c1ccc(F)cc1. The number of likely N-dealkylation sites (tertiary alicyclic amines) is 1. The zero-order valence-electron chi connectivity index (χ0n) is 14.4. The molecule has 3 amide bonds. The van der Waals surface area contributed by atoms with Crippen LogP contribution in [0.5, 0.6) is 0 Å². The van der Waals surface area contributed by atoms with Crippen LogP contribution in [0.1, 0.15) is 31.4 Å². The Hall–Kier alpha value is -2.48. The molecular formula is C18H21FN4O2S. The average Bonchev–Trinajstić information content (AvgIpc) is 3.15. The molecule has 0 bridgehead atoms. The number of carbonyl (C=O) groups is 2. The Bertz CT molecular complexity index is 751. The Kier molecular flexibility index (Phi) is 5.82. The molecule has 0 radical (unpaired) electrons. The summed E-state index contributed by atoms with van der Waals surface area (Å²) in [5.41, 5.74) is 0.829. The monoisotopic (exact) mass is 376 g/mol. The first kappa shape index (κ1) is 18.3. The highest BCUT2D eigenvalue weighted by Crippen LogP contribution is 2.21. The second kappa shape index (κ2) is 8.27. The predicted molar refractivity (Wildman–Crippen MR) is 98.4 cm³/mol. The molecule has 1 aromatic carbocycles. The summed E-state index contributed by atoms with van der Waals surface area (Å²) in [6.07, 6.45) is 3.15. The minimum absolute atomic E-state index is 0.107. The highest BCUT2D eigenvalue weighted by Gasteiger charge is 2.29. The van der Waals surface area contributed by atoms with Gasteiger partial charge in [-0.3, -0.25) is 4.79 Å². The summed E-state index contributed by atoms with van der Waals surface area (Å²) in [6.45, 7) is 2.84. The summed E-state index contributed by atoms with van der Waals surface area (Å²) in [6, 6.07) is 5.60. The number of halogens is 1. The zero-order chi connectivity index (χ0) is 18.5. The van der Waals surface area contributed by atoms with Crippen LogP contribution >= 0.6 is 11.3 Å². The van der Waals surface area contributed by atoms with Crippen LogP contribution in [-0.4, -0.2) is 34.9 Å². The van der Waals surface area contributed by atoms with Crippen LogP contribution in [0.2, 0.25) is 0 Å². The smallest absolute Gasteiger partial charge is 0.317 e. The van der Waals surface area contributed by atoms with Crippen LogP contribution < -0.4 is 10.6 Å². The molecule has 2 N–H and O–H groups in total. The molecular weight excluding hydrogens is 355 g/mol. The van der Waals surface area contributed by atoms with Crippen molar-refractivity contribution < 1.29 is 14.0 Å². The lowest BCUT2D eigenvalue weighted by Crippen LogP contribution is -2.48. The first-order chi connectivity index (χ1) is 12.5. The molecule has 1 fully saturated rings. The maximum Gasteiger partial charge on any atom is 0.317 e. The summed E-state index contributed by atoms with van der Waals surface area (Å²) in [5.74, 6) is -0.666. The van der Waals surface area contributed by atoms with Crippen LogP contribution in [0.4, 0.5) is 14.3 Å². The largest absolute Gasteiger partial charge is 0.331 e. The molecule has 0 aliphatic carbocycles. The number of nitrogens with zero attached hydrogens (tertiary/aromatic N) is 2. The molecule has 2 atom stereocenters. The van der Waals surface area contributed by atoms with Crippen molar-refractivity contribution in [3.05, 3.63) is 47.2 Å². The Labute approximate surface area is 155 Å². The van der Waals surface area contributed by atoms with Gasteiger partial charge < -0.3 is 15.5 Å². The van der Waals surface area contributed by atoms with Crippen molar-refractivity contribution >= 4 is 28.4 Å². The third-order valence-electron chi connectivity index (χ3n) is 4.45. The van der Waals surface area contributed by atoms with Crippen molar-refractivity contribution in [3.63, 3.8) is 0 Å². The number of rotatable bonds is 4. The van der Waals surface area contributed by atoms with Gasteiger partial charge in [0.05, 0.1) is 12.0 Å². The molecule has 0 spiro atoms. The van der Waals surface area contributed by atoms with Crippen LogP contribution in [0.15, 0.2) is 35.8 Å². The van der Waals surface area contributed by atoms with Crippen LogP contribution in [-0.2, 0) is 4.79 Å². The van der Waals surface area contributed by atoms with Gasteiger partial charge in [0.15, 0.2) is 5.13 Å². The van der Waals surface area contributed by atoms with E-state index in [2.05, 4.69) is 15.6 Å². The molecule has 0 unspecified atom stereocenters. The van der Waals surface area contributed by atoms with Gasteiger partial charge in [-0.05, 0) is 37.5 Å². The van der Waals surface area contributed by atoms with Crippen molar-refractivity contribution in [1.82, 2.24) is 15.2 Å². The molecule has 1 aliphatic rings. The third kappa shape index (κ3) is 4.57. The fraction of sp³-hybridized carbons (Fsp3) is 0.389. The van der Waals surface area contributed by atoms with Crippen molar-refractivity contribution in [3.8, 4) is 0 Å². The summed E-state index contributed by atoms with van der Waals surface area (Å²) in [4.78, 5) is 30.6. The lowest BCUT2D eigenvalue weighted by molar-refractivity contribution is -0.121. The Morgan fingerprint density at radius 2 is 2.12 bits per heavy atom. The van der Waals surface area contributed by atoms with E-state index in [1.165, 1.54) is 23.5 Å². The molecule has 2 heterocycles. The van der Waals surface area contributed by atoms with Crippen LogP contribution in [0.25, 0.3) is 0 Å². The van der Waals surface area contributed by atoms with Gasteiger partial charge in [0, 0.05) is 24.7 Å². The van der Waals surface area contributed by atoms with E-state index in [4.69, 9.17) is 0 Å². The van der Waals surface area contributed by atoms with E-state index in [1.54, 1.807) is 28.6 Å². The number of aromatic nitrogens is 1. The predicted octanol–water partition coefficient (Wildman–Crippen LogP) is 3.40. The van der Waals surface area contributed by atoms with E-state index in [-0.39, 0.29) is 29.7 Å². The van der Waals surface area contributed by atoms with Gasteiger partial charge in [-0.1, -0.05) is 12.1 Å². The highest BCUT2D eigenvalue weighted by molar-refractivity contribution is 7.13. The quantitative estimate of drug-likeness (QED) is 0.859. The zero-order valence-corrected chi connectivity index (χ0v) is 15.3. The van der Waals surface area contributed by atoms with Crippen molar-refractivity contribution in [2.75, 3.05) is 18.4 Å². The van der Waals surface area contributed by atoms with Gasteiger partial charge >= 0.3 is 6.03 Å². The van der Waals surface area contributed by atoms with E-state index in [9.17, 15) is 14.0 Å². The first-order valence-corrected chi connectivity index (χ1v) is 9.42. The van der Waals surface area contributed by atoms with Crippen LogP contribution in [0.3, 0.4) is 0 Å². The first-order valence-electron chi connectivity index (χ1n) is 8.54. The second-order valence-electron chi connectivity index (χ2n) is 6.33. The average molecular weight is 376 g/mol. The number of piperidine rings is 1. The fourth-order valence-corrected chi connectivity index (χ4v) is 3.51. The number of carbonyl (C=O) groups excluding carboxylic acids is 2. The number of nitrogens with one attached hydrogen (secondary N) is 2. The van der Waals surface area contributed by atoms with Crippen LogP contribution in [0, 0.1) is 11.7 Å². The summed E-state index contributed by atoms with van der Waals surface area (Å²) in [5, 5.41) is 8.08. The lowest BCUT2D eigenvalue weighted by Gasteiger charge is -2.32. The Morgan fingerprint density at radius 3 is 2.81 bits per heavy atom. The minimum atomic E-state index is -0.308. The minimum Gasteiger partial charge on any atom is -0.331 e. The van der Waals surface area contributed by atoms with Gasteiger partial charge in [0.25, 0.3) is 0 Å². The molecule has 2 aromatic rings. The van der Waals surface area contributed by atoms with Crippen molar-refractivity contribution in [1.29, 1.82) is 0 Å². The van der Waals surface area contributed by atoms with Gasteiger partial charge in [-0.15, -0.1) is 11.3 Å². The number of hydrogen-bond donors (Lipinski definition) is 2. The lowest BCUT2D eigenvalue weighted by atomic mass is 9.97. The summed E-state index contributed by atoms with van der Waals surface area (Å²) in [7, 11) is 0. The number of hydrogen-bond acceptors (Lipinski definition) is 4. The number of urea groups is 1. The maximum atomic E-state index is 13.0. The molecule has 138 valence electrons. The summed E-state index contributed by atoms with van der Waals surface area (Å²) >= 11 is 1.37. The molecule has 1 aromatic heterocycles. The standard InChI is InChI=1S/C18H21FN4O2S/c1-12(13-4-6-15(19)7-5-13)21-18(25)23-9-2-3-14(11-23)16(24)22-17-20-8-10-26-17/h4-8,10,12,14H,2-3,9,11H2,1H3,(H,21,25)(H,20,22,24)/t12-,14-/m1/s1. The van der Waals surface area contributed by atoms with Crippen molar-refractivity contribution in [2.45, 2.75) is 25.8 Å². The number of benzene rings is 1. The van der Waals surface area contributed by atoms with Gasteiger partial charge in [-0.25, -0.2) is 14.2 Å². The van der Waals surface area contributed by atoms with E-state index < -0.39 is 0 Å². The van der Waals surface area contributed by atoms with Gasteiger partial charge in [0.2, 0.25) is 5.91 Å². The van der Waals surface area contributed by atoms with E-state index >= 15 is 0 Å². The Balaban J connectivity index is 1.55. The second-order valence-corrected chi connectivity index (χ2v) is 7.23. The molecule has 3 rings (SSSR count). The van der Waals surface area contributed by atoms with Gasteiger partial charge in [0.1, 0.15) is 5.82 Å². The Morgan fingerprint density at radius 1 is 1.35 bits per heavy atom. The van der Waals surface area contributed by atoms with Crippen molar-refractivity contribution in [2.24, 2.45) is 5.92 Å². The molecule has 1 aliphatic heterocycles. The topological polar surface area (TPSA) is 74.3 Å². The molecule has 8 heteroatoms. The van der Waals surface area contributed by atoms with E-state index in [1.807, 2.05) is 6.92 Å². The fourth-order valence-electron chi connectivity index (χ4n) is 2.98. The number of thiazole rings is 1. The maximum absolute atomic E-state index is 13.0. The normalized spacial score (nSPS) is 18.2. The summed E-state index contributed by atoms with van der Waals surface area (Å²) < 4.78 is 13.0. The highest BCUT2D eigenvalue weighted by atomic mass is 32.1. The van der Waals surface area contributed by atoms with E-state index in [0.717, 1.165) is 18.4 Å². The molecule has 0 saturated carbocycles. The number of amides is 3. The molecule has 26 heavy (non-hydrogen) atoms. The van der Waals surface area contributed by atoms with E-state index in [0.29, 0.717) is 18.2 Å². The third-order valence-corrected chi connectivity index (χ3v) is 5.14. The molecule has 1 saturated heterocycles. The number of anilines is 1. The van der Waals surface area contributed by atoms with Gasteiger partial charge in [-0.2, -0.15) is 0 Å².